The molecule has 0 saturated heterocycles. The van der Waals surface area contributed by atoms with Crippen LogP contribution in [0.3, 0.4) is 0 Å². The molecular weight excluding hydrogens is 328 g/mol. The quantitative estimate of drug-likeness (QED) is 0.919. The number of hydrogen-bond donors (Lipinski definition) is 1. The van der Waals surface area contributed by atoms with Gasteiger partial charge in [0.2, 0.25) is 5.91 Å². The number of para-hydroxylation sites is 2. The zero-order valence-corrected chi connectivity index (χ0v) is 15.4. The lowest BCUT2D eigenvalue weighted by molar-refractivity contribution is -0.121. The Bertz CT molecular complexity index is 816. The number of fused-ring (bicyclic) bond motifs is 1. The number of nitrogens with one attached hydrogen (secondary N) is 1. The third-order valence-corrected chi connectivity index (χ3v) is 4.49. The first-order valence-electron chi connectivity index (χ1n) is 8.88. The zero-order chi connectivity index (χ0) is 18.7. The van der Waals surface area contributed by atoms with Gasteiger partial charge in [-0.2, -0.15) is 0 Å². The smallest absolute Gasteiger partial charge is 0.251 e. The molecule has 3 rings (SSSR count). The summed E-state index contributed by atoms with van der Waals surface area (Å²) in [6.45, 7) is 6.72. The summed E-state index contributed by atoms with van der Waals surface area (Å²) in [5.74, 6) is 0.310. The summed E-state index contributed by atoms with van der Waals surface area (Å²) in [4.78, 5) is 27.5. The minimum Gasteiger partial charge on any atom is -0.490 e. The normalized spacial score (nSPS) is 14.4. The second-order valence-electron chi connectivity index (χ2n) is 6.87. The number of anilines is 1. The van der Waals surface area contributed by atoms with Gasteiger partial charge < -0.3 is 15.0 Å². The predicted molar refractivity (Wildman–Crippen MR) is 102 cm³/mol. The van der Waals surface area contributed by atoms with Crippen molar-refractivity contribution in [2.75, 3.05) is 18.1 Å². The van der Waals surface area contributed by atoms with Gasteiger partial charge in [-0.25, -0.2) is 0 Å². The lowest BCUT2D eigenvalue weighted by Crippen LogP contribution is -2.53. The Morgan fingerprint density at radius 2 is 1.88 bits per heavy atom. The summed E-state index contributed by atoms with van der Waals surface area (Å²) in [5.41, 5.74) is 2.32. The molecule has 2 aromatic rings. The van der Waals surface area contributed by atoms with E-state index in [0.717, 1.165) is 11.3 Å². The molecule has 26 heavy (non-hydrogen) atoms. The third kappa shape index (κ3) is 3.72. The van der Waals surface area contributed by atoms with Crippen molar-refractivity contribution in [3.63, 3.8) is 0 Å². The molecule has 1 aliphatic rings. The van der Waals surface area contributed by atoms with E-state index in [1.54, 1.807) is 11.0 Å². The van der Waals surface area contributed by atoms with Gasteiger partial charge in [-0.3, -0.25) is 9.59 Å². The van der Waals surface area contributed by atoms with Gasteiger partial charge in [0.05, 0.1) is 12.2 Å². The van der Waals surface area contributed by atoms with Crippen LogP contribution in [0, 0.1) is 12.8 Å². The standard InChI is InChI=1S/C21H24N2O3/c1-14(2)19(22-20(24)16-8-6-7-15(3)13-16)21(25)23-11-12-26-18-10-5-4-9-17(18)23/h4-10,13-14,19H,11-12H2,1-3H3,(H,22,24)/t19-/m0/s1. The highest BCUT2D eigenvalue weighted by Crippen LogP contribution is 2.31. The van der Waals surface area contributed by atoms with Crippen LogP contribution >= 0.6 is 0 Å². The molecular formula is C21H24N2O3. The van der Waals surface area contributed by atoms with Crippen molar-refractivity contribution in [2.45, 2.75) is 26.8 Å². The van der Waals surface area contributed by atoms with Crippen molar-refractivity contribution < 1.29 is 14.3 Å². The maximum Gasteiger partial charge on any atom is 0.251 e. The molecule has 1 atom stereocenters. The number of ether oxygens (including phenoxy) is 1. The average Bonchev–Trinajstić information content (AvgIpc) is 2.64. The van der Waals surface area contributed by atoms with Gasteiger partial charge in [-0.15, -0.1) is 0 Å². The molecule has 136 valence electrons. The predicted octanol–water partition coefficient (Wildman–Crippen LogP) is 3.18. The van der Waals surface area contributed by atoms with Gasteiger partial charge in [0.15, 0.2) is 0 Å². The lowest BCUT2D eigenvalue weighted by Gasteiger charge is -2.33. The molecule has 0 spiro atoms. The van der Waals surface area contributed by atoms with Crippen LogP contribution in [0.5, 0.6) is 5.75 Å². The van der Waals surface area contributed by atoms with Crippen LogP contribution < -0.4 is 15.0 Å². The van der Waals surface area contributed by atoms with E-state index in [9.17, 15) is 9.59 Å². The molecule has 0 saturated carbocycles. The van der Waals surface area contributed by atoms with Crippen molar-refractivity contribution in [2.24, 2.45) is 5.92 Å². The average molecular weight is 352 g/mol. The van der Waals surface area contributed by atoms with E-state index in [2.05, 4.69) is 5.32 Å². The molecule has 2 aromatic carbocycles. The first-order valence-corrected chi connectivity index (χ1v) is 8.88. The summed E-state index contributed by atoms with van der Waals surface area (Å²) in [7, 11) is 0. The van der Waals surface area contributed by atoms with Gasteiger partial charge >= 0.3 is 0 Å². The van der Waals surface area contributed by atoms with Crippen molar-refractivity contribution in [3.8, 4) is 5.75 Å². The van der Waals surface area contributed by atoms with E-state index in [0.29, 0.717) is 24.5 Å². The molecule has 2 amide bonds. The molecule has 5 nitrogen and oxygen atoms in total. The summed E-state index contributed by atoms with van der Waals surface area (Å²) in [5, 5.41) is 2.92. The SMILES string of the molecule is Cc1cccc(C(=O)N[C@H](C(=O)N2CCOc3ccccc32)C(C)C)c1. The molecule has 0 radical (unpaired) electrons. The number of benzene rings is 2. The van der Waals surface area contributed by atoms with Crippen LogP contribution in [0.4, 0.5) is 5.69 Å². The molecule has 0 unspecified atom stereocenters. The van der Waals surface area contributed by atoms with Crippen LogP contribution in [-0.2, 0) is 4.79 Å². The Morgan fingerprint density at radius 1 is 1.12 bits per heavy atom. The van der Waals surface area contributed by atoms with Crippen molar-refractivity contribution in [3.05, 3.63) is 59.7 Å². The first kappa shape index (κ1) is 18.0. The third-order valence-electron chi connectivity index (χ3n) is 4.49. The molecule has 1 aliphatic heterocycles. The molecule has 0 bridgehead atoms. The highest BCUT2D eigenvalue weighted by atomic mass is 16.5. The highest BCUT2D eigenvalue weighted by Gasteiger charge is 2.32. The van der Waals surface area contributed by atoms with Gasteiger partial charge in [0.1, 0.15) is 18.4 Å². The van der Waals surface area contributed by atoms with Crippen LogP contribution in [0.25, 0.3) is 0 Å². The fraction of sp³-hybridized carbons (Fsp3) is 0.333. The minimum atomic E-state index is -0.603. The Morgan fingerprint density at radius 3 is 2.62 bits per heavy atom. The number of aryl methyl sites for hydroxylation is 1. The number of amides is 2. The maximum absolute atomic E-state index is 13.2. The Kier molecular flexibility index (Phi) is 5.26. The topological polar surface area (TPSA) is 58.6 Å². The number of nitrogens with zero attached hydrogens (tertiary/aromatic N) is 1. The van der Waals surface area contributed by atoms with Crippen LogP contribution in [-0.4, -0.2) is 31.0 Å². The van der Waals surface area contributed by atoms with E-state index in [4.69, 9.17) is 4.74 Å². The molecule has 0 fully saturated rings. The fourth-order valence-corrected chi connectivity index (χ4v) is 3.09. The van der Waals surface area contributed by atoms with Gasteiger partial charge in [-0.1, -0.05) is 43.7 Å². The van der Waals surface area contributed by atoms with Crippen LogP contribution in [0.2, 0.25) is 0 Å². The van der Waals surface area contributed by atoms with Gasteiger partial charge in [-0.05, 0) is 37.1 Å². The van der Waals surface area contributed by atoms with Gasteiger partial charge in [0.25, 0.3) is 5.91 Å². The lowest BCUT2D eigenvalue weighted by atomic mass is 10.0. The molecule has 0 aromatic heterocycles. The Hall–Kier alpha value is -2.82. The summed E-state index contributed by atoms with van der Waals surface area (Å²) >= 11 is 0. The largest absolute Gasteiger partial charge is 0.490 e. The van der Waals surface area contributed by atoms with E-state index in [1.807, 2.05) is 63.2 Å². The minimum absolute atomic E-state index is 0.0359. The second kappa shape index (κ2) is 7.60. The Labute approximate surface area is 154 Å². The van der Waals surface area contributed by atoms with Crippen molar-refractivity contribution >= 4 is 17.5 Å². The number of rotatable bonds is 4. The molecule has 1 heterocycles. The van der Waals surface area contributed by atoms with Crippen LogP contribution in [0.15, 0.2) is 48.5 Å². The van der Waals surface area contributed by atoms with Crippen molar-refractivity contribution in [1.29, 1.82) is 0 Å². The van der Waals surface area contributed by atoms with Gasteiger partial charge in [0, 0.05) is 5.56 Å². The van der Waals surface area contributed by atoms with E-state index in [-0.39, 0.29) is 17.7 Å². The molecule has 5 heteroatoms. The Balaban J connectivity index is 1.82. The monoisotopic (exact) mass is 352 g/mol. The van der Waals surface area contributed by atoms with E-state index >= 15 is 0 Å². The second-order valence-corrected chi connectivity index (χ2v) is 6.87. The summed E-state index contributed by atoms with van der Waals surface area (Å²) < 4.78 is 5.63. The number of hydrogen-bond acceptors (Lipinski definition) is 3. The number of carbonyl (C=O) groups excluding carboxylic acids is 2. The molecule has 1 N–H and O–H groups in total. The van der Waals surface area contributed by atoms with Crippen LogP contribution in [0.1, 0.15) is 29.8 Å². The van der Waals surface area contributed by atoms with E-state index < -0.39 is 6.04 Å². The first-order chi connectivity index (χ1) is 12.5. The zero-order valence-electron chi connectivity index (χ0n) is 15.4. The van der Waals surface area contributed by atoms with E-state index in [1.165, 1.54) is 0 Å². The summed E-state index contributed by atoms with van der Waals surface area (Å²) in [6.07, 6.45) is 0. The highest BCUT2D eigenvalue weighted by molar-refractivity contribution is 6.03. The number of carbonyl (C=O) groups is 2. The molecule has 0 aliphatic carbocycles. The fourth-order valence-electron chi connectivity index (χ4n) is 3.09. The van der Waals surface area contributed by atoms with Crippen molar-refractivity contribution in [1.82, 2.24) is 5.32 Å². The summed E-state index contributed by atoms with van der Waals surface area (Å²) in [6, 6.07) is 14.2. The maximum atomic E-state index is 13.2.